The molecular formula is C49H61F2N7O13S. The third-order valence-electron chi connectivity index (χ3n) is 11.8. The Kier molecular flexibility index (Phi) is 20.7. The van der Waals surface area contributed by atoms with E-state index in [0.29, 0.717) is 11.3 Å². The van der Waals surface area contributed by atoms with Gasteiger partial charge in [0.15, 0.2) is 27.2 Å². The second-order valence-electron chi connectivity index (χ2n) is 18.5. The number of hydrogen-bond acceptors (Lipinski definition) is 13. The summed E-state index contributed by atoms with van der Waals surface area (Å²) in [6.07, 6.45) is 0.437. The van der Waals surface area contributed by atoms with Crippen LogP contribution in [0.1, 0.15) is 76.6 Å². The zero-order chi connectivity index (χ0) is 53.5. The maximum absolute atomic E-state index is 15.1. The summed E-state index contributed by atoms with van der Waals surface area (Å²) in [5.41, 5.74) is 12.4. The monoisotopic (exact) mass is 1030 g/mol. The molecule has 1 aromatic heterocycles. The summed E-state index contributed by atoms with van der Waals surface area (Å²) in [5.74, 6) is -13.1. The summed E-state index contributed by atoms with van der Waals surface area (Å²) in [7, 11) is -3.99. The number of Topliss-reactive ketones (excluding diaryl/α,β-unsaturated/α-hetero) is 1. The average Bonchev–Trinajstić information content (AvgIpc) is 3.85. The van der Waals surface area contributed by atoms with E-state index in [1.807, 2.05) is 55.7 Å². The van der Waals surface area contributed by atoms with Crippen LogP contribution in [0, 0.1) is 28.9 Å². The number of halogens is 2. The molecule has 0 unspecified atom stereocenters. The number of carboxylic acids is 1. The van der Waals surface area contributed by atoms with Gasteiger partial charge in [-0.1, -0.05) is 51.1 Å². The van der Waals surface area contributed by atoms with Gasteiger partial charge in [-0.05, 0) is 60.2 Å². The fraction of sp³-hybridized carbons (Fsp3) is 0.449. The minimum atomic E-state index is -3.99. The number of allylic oxidation sites excluding steroid dienone is 2. The maximum atomic E-state index is 15.1. The number of sulfone groups is 1. The fourth-order valence-corrected chi connectivity index (χ4v) is 9.21. The van der Waals surface area contributed by atoms with Crippen molar-refractivity contribution < 1.29 is 70.6 Å². The molecule has 1 aliphatic carbocycles. The van der Waals surface area contributed by atoms with Gasteiger partial charge in [-0.3, -0.25) is 43.2 Å². The van der Waals surface area contributed by atoms with E-state index < -0.39 is 173 Å². The number of ketones is 3. The second kappa shape index (κ2) is 25.9. The molecule has 0 radical (unpaired) electrons. The number of hydrogen-bond donors (Lipinski definition) is 7. The number of aromatic nitrogens is 1. The number of carboxylic acid groups (broad SMARTS) is 1. The molecule has 0 saturated carbocycles. The molecule has 2 aromatic carbocycles. The molecule has 20 nitrogen and oxygen atoms in total. The number of nitrogens with two attached hydrogens (primary N) is 2. The standard InChI is InChI=1S/C49H61F2N7O13S/c1-49(2,3)46(38-21-31(33-23-32(50)10-11-35(33)51)27-57(38)26-29-7-5-4-6-8-29)58(44(65)28-59)18-15-36(52)48(69)55-17-20-72(70,71)19-16-54-47(68)30(9-14-45(66)67)22-41(62)37(25-42(53)63)56-43(64)24-34-39(60)12-13-40(34)61/h4-8,10-13,21,23,27,30,34,36-37,46,59H,9,14-20,22,24-26,28,52H2,1-3H3,(H2,53,63)(H,54,68)(H,55,69)(H,56,64)(H,66,67)/t30-,36-,37-,46-/m0/s1. The number of nitrogens with zero attached hydrogens (tertiary/aromatic N) is 2. The molecule has 23 heteroatoms. The zero-order valence-corrected chi connectivity index (χ0v) is 40.9. The van der Waals surface area contributed by atoms with Gasteiger partial charge in [0.1, 0.15) is 18.2 Å². The first kappa shape index (κ1) is 57.6. The lowest BCUT2D eigenvalue weighted by atomic mass is 9.82. The normalized spacial score (nSPS) is 14.5. The second-order valence-corrected chi connectivity index (χ2v) is 20.8. The Bertz CT molecular complexity index is 2630. The molecule has 3 aromatic rings. The highest BCUT2D eigenvalue weighted by molar-refractivity contribution is 7.91. The van der Waals surface area contributed by atoms with Gasteiger partial charge in [-0.25, -0.2) is 17.2 Å². The van der Waals surface area contributed by atoms with E-state index >= 15 is 4.39 Å². The van der Waals surface area contributed by atoms with Gasteiger partial charge in [0.2, 0.25) is 29.5 Å². The first-order valence-electron chi connectivity index (χ1n) is 23.0. The highest BCUT2D eigenvalue weighted by Gasteiger charge is 2.38. The van der Waals surface area contributed by atoms with Crippen molar-refractivity contribution in [3.8, 4) is 11.1 Å². The van der Waals surface area contributed by atoms with E-state index in [1.54, 1.807) is 12.3 Å². The van der Waals surface area contributed by atoms with Gasteiger partial charge in [0, 0.05) is 74.4 Å². The van der Waals surface area contributed by atoms with Gasteiger partial charge >= 0.3 is 5.97 Å². The fourth-order valence-electron chi connectivity index (χ4n) is 8.18. The summed E-state index contributed by atoms with van der Waals surface area (Å²) in [5, 5.41) is 26.5. The molecule has 72 heavy (non-hydrogen) atoms. The number of aliphatic hydroxyl groups is 1. The molecule has 0 bridgehead atoms. The third-order valence-corrected chi connectivity index (χ3v) is 13.5. The number of rotatable bonds is 28. The van der Waals surface area contributed by atoms with E-state index in [9.17, 15) is 66.2 Å². The molecule has 0 fully saturated rings. The Morgan fingerprint density at radius 3 is 2.08 bits per heavy atom. The Morgan fingerprint density at radius 1 is 0.875 bits per heavy atom. The van der Waals surface area contributed by atoms with Gasteiger partial charge in [0.25, 0.3) is 0 Å². The number of benzene rings is 2. The third kappa shape index (κ3) is 17.1. The Morgan fingerprint density at radius 2 is 1.50 bits per heavy atom. The number of amides is 5. The minimum absolute atomic E-state index is 0.0135. The zero-order valence-electron chi connectivity index (χ0n) is 40.1. The van der Waals surface area contributed by atoms with Gasteiger partial charge in [-0.2, -0.15) is 0 Å². The molecular weight excluding hydrogens is 965 g/mol. The number of carbonyl (C=O) groups is 9. The van der Waals surface area contributed by atoms with Crippen LogP contribution in [0.5, 0.6) is 0 Å². The largest absolute Gasteiger partial charge is 0.481 e. The summed E-state index contributed by atoms with van der Waals surface area (Å²) in [6.45, 7) is 3.80. The van der Waals surface area contributed by atoms with Crippen LogP contribution in [0.4, 0.5) is 8.78 Å². The molecule has 4 atom stereocenters. The average molecular weight is 1030 g/mol. The SMILES string of the molecule is CC(C)(C)[C@H](c1cc(-c2cc(F)ccc2F)cn1Cc1ccccc1)N(CC[C@H](N)C(=O)NCCS(=O)(=O)CCNC(=O)[C@@H](CCC(=O)O)CC(=O)[C@H](CC(N)=O)NC(=O)CC1C(=O)C=CC1=O)C(=O)CO. The molecule has 9 N–H and O–H groups in total. The van der Waals surface area contributed by atoms with Crippen molar-refractivity contribution in [2.75, 3.05) is 37.7 Å². The van der Waals surface area contributed by atoms with E-state index in [4.69, 9.17) is 11.5 Å². The summed E-state index contributed by atoms with van der Waals surface area (Å²) < 4.78 is 57.3. The number of aliphatic carboxylic acids is 1. The summed E-state index contributed by atoms with van der Waals surface area (Å²) in [6, 6.07) is 10.3. The van der Waals surface area contributed by atoms with Crippen LogP contribution >= 0.6 is 0 Å². The lowest BCUT2D eigenvalue weighted by molar-refractivity contribution is -0.140. The predicted octanol–water partition coefficient (Wildman–Crippen LogP) is 1.27. The van der Waals surface area contributed by atoms with E-state index in [-0.39, 0.29) is 25.1 Å². The van der Waals surface area contributed by atoms with Crippen molar-refractivity contribution in [3.63, 3.8) is 0 Å². The minimum Gasteiger partial charge on any atom is -0.481 e. The quantitative estimate of drug-likeness (QED) is 0.0504. The van der Waals surface area contributed by atoms with E-state index in [2.05, 4.69) is 16.0 Å². The van der Waals surface area contributed by atoms with E-state index in [0.717, 1.165) is 35.9 Å². The summed E-state index contributed by atoms with van der Waals surface area (Å²) >= 11 is 0. The highest BCUT2D eigenvalue weighted by Crippen LogP contribution is 2.41. The summed E-state index contributed by atoms with van der Waals surface area (Å²) in [4.78, 5) is 114. The number of nitrogens with one attached hydrogen (secondary N) is 3. The molecule has 4 rings (SSSR count). The van der Waals surface area contributed by atoms with Crippen LogP contribution in [0.3, 0.4) is 0 Å². The Balaban J connectivity index is 1.37. The van der Waals surface area contributed by atoms with Crippen LogP contribution in [0.15, 0.2) is 72.9 Å². The molecule has 5 amide bonds. The van der Waals surface area contributed by atoms with Crippen molar-refractivity contribution in [2.24, 2.45) is 28.7 Å². The molecule has 1 aliphatic rings. The highest BCUT2D eigenvalue weighted by atomic mass is 32.2. The molecule has 0 saturated heterocycles. The first-order valence-corrected chi connectivity index (χ1v) is 24.8. The molecule has 1 heterocycles. The number of carbonyl (C=O) groups excluding carboxylic acids is 8. The smallest absolute Gasteiger partial charge is 0.303 e. The Labute approximate surface area is 414 Å². The molecule has 0 spiro atoms. The number of aliphatic hydroxyl groups excluding tert-OH is 1. The molecule has 0 aliphatic heterocycles. The van der Waals surface area contributed by atoms with Gasteiger partial charge in [0.05, 0.1) is 42.0 Å². The van der Waals surface area contributed by atoms with Crippen LogP contribution < -0.4 is 27.4 Å². The van der Waals surface area contributed by atoms with Crippen molar-refractivity contribution in [1.29, 1.82) is 0 Å². The maximum Gasteiger partial charge on any atom is 0.303 e. The topological polar surface area (TPSA) is 325 Å². The van der Waals surface area contributed by atoms with Gasteiger partial charge < -0.3 is 47.1 Å². The van der Waals surface area contributed by atoms with Crippen LogP contribution in [0.2, 0.25) is 0 Å². The Hall–Kier alpha value is -6.98. The van der Waals surface area contributed by atoms with Crippen LogP contribution in [-0.2, 0) is 59.5 Å². The van der Waals surface area contributed by atoms with Gasteiger partial charge in [-0.15, -0.1) is 0 Å². The van der Waals surface area contributed by atoms with Crippen molar-refractivity contribution in [3.05, 3.63) is 95.8 Å². The molecule has 390 valence electrons. The lowest BCUT2D eigenvalue weighted by Gasteiger charge is -2.41. The van der Waals surface area contributed by atoms with Crippen LogP contribution in [0.25, 0.3) is 11.1 Å². The van der Waals surface area contributed by atoms with E-state index in [1.165, 1.54) is 4.90 Å². The van der Waals surface area contributed by atoms with Crippen LogP contribution in [-0.4, -0.2) is 131 Å². The number of primary amides is 1. The van der Waals surface area contributed by atoms with Crippen molar-refractivity contribution in [2.45, 2.75) is 84.0 Å². The predicted molar refractivity (Wildman–Crippen MR) is 257 cm³/mol. The first-order chi connectivity index (χ1) is 33.8. The lowest BCUT2D eigenvalue weighted by Crippen LogP contribution is -2.48. The van der Waals surface area contributed by atoms with Crippen molar-refractivity contribution in [1.82, 2.24) is 25.4 Å². The van der Waals surface area contributed by atoms with Crippen molar-refractivity contribution >= 4 is 62.7 Å².